The first kappa shape index (κ1) is 39.3. The Morgan fingerprint density at radius 3 is 1.67 bits per heavy atom. The van der Waals surface area contributed by atoms with E-state index in [9.17, 15) is 34.8 Å². The van der Waals surface area contributed by atoms with Crippen LogP contribution in [0.5, 0.6) is 11.5 Å². The molecule has 2 aromatic rings. The van der Waals surface area contributed by atoms with Gasteiger partial charge < -0.3 is 49.2 Å². The number of piperazine rings is 1. The van der Waals surface area contributed by atoms with E-state index in [-0.39, 0.29) is 55.3 Å². The maximum absolute atomic E-state index is 12.1. The van der Waals surface area contributed by atoms with Crippen LogP contribution in [0.3, 0.4) is 0 Å². The van der Waals surface area contributed by atoms with Gasteiger partial charge in [0, 0.05) is 32.1 Å². The largest absolute Gasteiger partial charge is 0.513 e. The number of rotatable bonds is 10. The van der Waals surface area contributed by atoms with Crippen molar-refractivity contribution in [2.45, 2.75) is 71.7 Å². The summed E-state index contributed by atoms with van der Waals surface area (Å²) in [5.41, 5.74) is 1.64. The Morgan fingerprint density at radius 1 is 0.755 bits per heavy atom. The predicted octanol–water partition coefficient (Wildman–Crippen LogP) is 3.44. The molecule has 1 aliphatic heterocycles. The Balaban J connectivity index is 0.000000267. The van der Waals surface area contributed by atoms with Crippen molar-refractivity contribution in [3.8, 4) is 11.5 Å². The van der Waals surface area contributed by atoms with Crippen LogP contribution in [0.1, 0.15) is 45.2 Å². The van der Waals surface area contributed by atoms with Gasteiger partial charge in [0.25, 0.3) is 0 Å². The zero-order chi connectivity index (χ0) is 36.2. The molecule has 1 saturated carbocycles. The van der Waals surface area contributed by atoms with Crippen LogP contribution >= 0.6 is 0 Å². The Kier molecular flexibility index (Phi) is 14.9. The van der Waals surface area contributed by atoms with Gasteiger partial charge in [-0.15, -0.1) is 0 Å². The van der Waals surface area contributed by atoms with Gasteiger partial charge in [-0.1, -0.05) is 58.5 Å². The molecule has 4 rings (SSSR count). The number of aliphatic hydroxyl groups is 4. The van der Waals surface area contributed by atoms with Crippen LogP contribution in [0.15, 0.2) is 60.9 Å². The summed E-state index contributed by atoms with van der Waals surface area (Å²) >= 11 is 0. The molecule has 49 heavy (non-hydrogen) atoms. The fourth-order valence-corrected chi connectivity index (χ4v) is 4.93. The molecule has 2 aliphatic rings. The first-order valence-electron chi connectivity index (χ1n) is 16.4. The fraction of sp³-hybridized carbons (Fsp3) is 0.528. The SMILES string of the molecule is C=C(O)[C@H]1C[C@@H](Oc2ccc(COC(=O)C(C)C)cc2)[C@H](O)[C@@H](O)[C@@H]1O.CC(C)C(=O)OCc1ccc(OC(=O)N2CCN(C)CC2)cc1. The highest BCUT2D eigenvalue weighted by Gasteiger charge is 2.45. The van der Waals surface area contributed by atoms with Gasteiger partial charge in [-0.2, -0.15) is 0 Å². The van der Waals surface area contributed by atoms with Gasteiger partial charge in [0.05, 0.1) is 23.7 Å². The predicted molar refractivity (Wildman–Crippen MR) is 180 cm³/mol. The Hall–Kier alpha value is -4.17. The molecule has 0 aromatic heterocycles. The lowest BCUT2D eigenvalue weighted by molar-refractivity contribution is -0.149. The summed E-state index contributed by atoms with van der Waals surface area (Å²) in [4.78, 5) is 38.9. The van der Waals surface area contributed by atoms with Crippen LogP contribution < -0.4 is 9.47 Å². The number of hydrogen-bond donors (Lipinski definition) is 4. The zero-order valence-electron chi connectivity index (χ0n) is 28.9. The second kappa shape index (κ2) is 18.6. The first-order valence-corrected chi connectivity index (χ1v) is 16.4. The molecule has 1 heterocycles. The van der Waals surface area contributed by atoms with E-state index >= 15 is 0 Å². The monoisotopic (exact) mass is 686 g/mol. The van der Waals surface area contributed by atoms with Crippen molar-refractivity contribution >= 4 is 18.0 Å². The van der Waals surface area contributed by atoms with Crippen LogP contribution in [-0.4, -0.2) is 106 Å². The van der Waals surface area contributed by atoms with Crippen LogP contribution in [-0.2, 0) is 32.3 Å². The lowest BCUT2D eigenvalue weighted by atomic mass is 9.80. The van der Waals surface area contributed by atoms with Crippen molar-refractivity contribution in [2.24, 2.45) is 17.8 Å². The summed E-state index contributed by atoms with van der Waals surface area (Å²) in [5, 5.41) is 39.5. The molecule has 5 atom stereocenters. The van der Waals surface area contributed by atoms with Crippen molar-refractivity contribution < 1.29 is 53.8 Å². The molecule has 13 nitrogen and oxygen atoms in total. The smallest absolute Gasteiger partial charge is 0.415 e. The molecule has 1 amide bonds. The average molecular weight is 687 g/mol. The second-order valence-electron chi connectivity index (χ2n) is 12.9. The van der Waals surface area contributed by atoms with E-state index in [2.05, 4.69) is 11.5 Å². The van der Waals surface area contributed by atoms with Gasteiger partial charge in [-0.3, -0.25) is 9.59 Å². The third kappa shape index (κ3) is 12.0. The second-order valence-corrected chi connectivity index (χ2v) is 12.9. The lowest BCUT2D eigenvalue weighted by Gasteiger charge is -2.39. The van der Waals surface area contributed by atoms with E-state index < -0.39 is 30.3 Å². The van der Waals surface area contributed by atoms with Crippen LogP contribution in [0.25, 0.3) is 0 Å². The van der Waals surface area contributed by atoms with Gasteiger partial charge >= 0.3 is 18.0 Å². The van der Waals surface area contributed by atoms with E-state index in [0.29, 0.717) is 24.6 Å². The van der Waals surface area contributed by atoms with Gasteiger partial charge in [0.2, 0.25) is 0 Å². The van der Waals surface area contributed by atoms with Gasteiger partial charge in [0.1, 0.15) is 43.0 Å². The number of esters is 2. The topological polar surface area (TPSA) is 176 Å². The summed E-state index contributed by atoms with van der Waals surface area (Å²) in [5.74, 6) is -0.950. The molecule has 0 radical (unpaired) electrons. The molecule has 4 N–H and O–H groups in total. The normalized spacial score (nSPS) is 22.5. The minimum Gasteiger partial charge on any atom is -0.513 e. The number of carbonyl (C=O) groups is 3. The average Bonchev–Trinajstić information content (AvgIpc) is 3.07. The summed E-state index contributed by atoms with van der Waals surface area (Å²) in [6.07, 6.45) is -5.07. The molecule has 0 spiro atoms. The molecular formula is C36H50N2O11. The molecule has 1 saturated heterocycles. The highest BCUT2D eigenvalue weighted by atomic mass is 16.6. The molecule has 2 fully saturated rings. The van der Waals surface area contributed by atoms with Crippen molar-refractivity contribution in [3.05, 3.63) is 72.0 Å². The maximum atomic E-state index is 12.1. The van der Waals surface area contributed by atoms with Crippen molar-refractivity contribution in [1.82, 2.24) is 9.80 Å². The van der Waals surface area contributed by atoms with E-state index in [0.717, 1.165) is 24.2 Å². The van der Waals surface area contributed by atoms with Crippen LogP contribution in [0.4, 0.5) is 4.79 Å². The molecule has 13 heteroatoms. The highest BCUT2D eigenvalue weighted by molar-refractivity contribution is 5.72. The van der Waals surface area contributed by atoms with Crippen molar-refractivity contribution in [2.75, 3.05) is 33.2 Å². The summed E-state index contributed by atoms with van der Waals surface area (Å²) in [6.45, 7) is 14.0. The minimum atomic E-state index is -1.45. The molecule has 270 valence electrons. The molecule has 2 aromatic carbocycles. The lowest BCUT2D eigenvalue weighted by Crippen LogP contribution is -2.55. The van der Waals surface area contributed by atoms with Crippen molar-refractivity contribution in [3.63, 3.8) is 0 Å². The molecule has 0 bridgehead atoms. The number of aliphatic hydroxyl groups excluding tert-OH is 4. The number of carbonyl (C=O) groups excluding carboxylic acids is 3. The van der Waals surface area contributed by atoms with Gasteiger partial charge in [0.15, 0.2) is 0 Å². The molecule has 1 aliphatic carbocycles. The number of ether oxygens (including phenoxy) is 4. The zero-order valence-corrected chi connectivity index (χ0v) is 28.9. The van der Waals surface area contributed by atoms with E-state index in [4.69, 9.17) is 18.9 Å². The Morgan fingerprint density at radius 2 is 1.22 bits per heavy atom. The number of nitrogens with zero attached hydrogens (tertiary/aromatic N) is 2. The van der Waals surface area contributed by atoms with Crippen molar-refractivity contribution in [1.29, 1.82) is 0 Å². The minimum absolute atomic E-state index is 0.114. The number of hydrogen-bond acceptors (Lipinski definition) is 12. The fourth-order valence-electron chi connectivity index (χ4n) is 4.93. The van der Waals surface area contributed by atoms with E-state index in [1.807, 2.05) is 7.05 Å². The number of benzene rings is 2. The highest BCUT2D eigenvalue weighted by Crippen LogP contribution is 2.32. The Labute approximate surface area is 287 Å². The molecule has 0 unspecified atom stereocenters. The Bertz CT molecular complexity index is 1370. The number of amides is 1. The molecular weight excluding hydrogens is 636 g/mol. The third-order valence-electron chi connectivity index (χ3n) is 8.21. The maximum Gasteiger partial charge on any atom is 0.415 e. The van der Waals surface area contributed by atoms with E-state index in [1.165, 1.54) is 0 Å². The number of likely N-dealkylation sites (N-methyl/N-ethyl adjacent to an activating group) is 1. The third-order valence-corrected chi connectivity index (χ3v) is 8.21. The summed E-state index contributed by atoms with van der Waals surface area (Å²) in [6, 6.07) is 13.8. The summed E-state index contributed by atoms with van der Waals surface area (Å²) in [7, 11) is 2.04. The van der Waals surface area contributed by atoms with E-state index in [1.54, 1.807) is 81.1 Å². The summed E-state index contributed by atoms with van der Waals surface area (Å²) < 4.78 is 21.4. The first-order chi connectivity index (χ1) is 23.2. The quantitative estimate of drug-likeness (QED) is 0.212. The standard InChI is InChI=1S/C19H26O7.C17H24N2O4/c1-10(2)19(24)25-9-12-4-6-13(7-5-12)26-15-8-14(11(3)20)16(21)18(23)17(15)22;1-13(2)16(20)22-12-14-4-6-15(7-5-14)23-17(21)19-10-8-18(3)9-11-19/h4-7,10,14-18,20-23H,3,8-9H2,1-2H3;4-7,13H,8-12H2,1-3H3/t14-,15-,16-,17+,18+;/m1./s1. The van der Waals surface area contributed by atoms with Gasteiger partial charge in [-0.05, 0) is 48.9 Å². The van der Waals surface area contributed by atoms with Gasteiger partial charge in [-0.25, -0.2) is 4.79 Å². The van der Waals surface area contributed by atoms with Crippen LogP contribution in [0, 0.1) is 17.8 Å². The van der Waals surface area contributed by atoms with Crippen LogP contribution in [0.2, 0.25) is 0 Å².